The molecule has 0 bridgehead atoms. The van der Waals surface area contributed by atoms with Crippen LogP contribution < -0.4 is 21.4 Å². The molecule has 18 atom stereocenters. The van der Waals surface area contributed by atoms with Crippen LogP contribution >= 0.6 is 0 Å². The van der Waals surface area contributed by atoms with Gasteiger partial charge in [-0.05, 0) is 101 Å². The van der Waals surface area contributed by atoms with Gasteiger partial charge in [-0.25, -0.2) is 19.0 Å². The van der Waals surface area contributed by atoms with Gasteiger partial charge in [0, 0.05) is 76.9 Å². The fourth-order valence-corrected chi connectivity index (χ4v) is 12.2. The molecule has 0 radical (unpaired) electrons. The molecule has 23 heteroatoms. The number of aliphatic hydroxyl groups is 1. The Morgan fingerprint density at radius 3 is 2.26 bits per heavy atom. The van der Waals surface area contributed by atoms with Crippen molar-refractivity contribution in [3.63, 3.8) is 0 Å². The zero-order chi connectivity index (χ0) is 57.8. The van der Waals surface area contributed by atoms with Crippen LogP contribution in [0.5, 0.6) is 0 Å². The fourth-order valence-electron chi connectivity index (χ4n) is 12.2. The second-order valence-electron chi connectivity index (χ2n) is 22.7. The number of hydrogen-bond donors (Lipinski definition) is 5. The molecule has 4 aliphatic rings. The van der Waals surface area contributed by atoms with Crippen LogP contribution in [-0.2, 0) is 58.8 Å². The number of cyclic esters (lactones) is 1. The van der Waals surface area contributed by atoms with Crippen molar-refractivity contribution in [2.24, 2.45) is 23.7 Å². The van der Waals surface area contributed by atoms with E-state index in [-0.39, 0.29) is 54.0 Å². The smallest absolute Gasteiger partial charge is 0.408 e. The number of pyridine rings is 2. The number of fused-ring (bicyclic) bond motifs is 2. The molecular weight excluding hydrogens is 1020 g/mol. The van der Waals surface area contributed by atoms with E-state index in [4.69, 9.17) is 42.6 Å². The van der Waals surface area contributed by atoms with Crippen molar-refractivity contribution >= 4 is 40.7 Å². The van der Waals surface area contributed by atoms with Gasteiger partial charge in [0.2, 0.25) is 5.43 Å². The van der Waals surface area contributed by atoms with E-state index in [9.17, 15) is 34.2 Å². The zero-order valence-corrected chi connectivity index (χ0v) is 48.2. The van der Waals surface area contributed by atoms with Crippen LogP contribution in [0.3, 0.4) is 0 Å². The van der Waals surface area contributed by atoms with Crippen LogP contribution in [0.4, 0.5) is 15.0 Å². The Morgan fingerprint density at radius 1 is 0.949 bits per heavy atom. The van der Waals surface area contributed by atoms with E-state index in [1.54, 1.807) is 34.8 Å². The van der Waals surface area contributed by atoms with Crippen LogP contribution in [0.25, 0.3) is 11.0 Å². The molecule has 4 aliphatic heterocycles. The van der Waals surface area contributed by atoms with Gasteiger partial charge in [-0.3, -0.25) is 14.4 Å². The van der Waals surface area contributed by atoms with E-state index in [0.29, 0.717) is 45.6 Å². The number of nitrogens with one attached hydrogen (secondary N) is 3. The number of esters is 1. The van der Waals surface area contributed by atoms with Crippen LogP contribution in [0.15, 0.2) is 17.1 Å². The number of aromatic nitrogens is 2. The number of amides is 1. The van der Waals surface area contributed by atoms with Crippen LogP contribution in [-0.4, -0.2) is 187 Å². The molecule has 440 valence electrons. The number of carboxylic acid groups (broad SMARTS) is 1. The molecule has 1 amide bonds. The number of Topliss-reactive ketones (excluding diaryl/α,β-unsaturated/α-hetero) is 1. The minimum Gasteiger partial charge on any atom is -0.477 e. The highest BCUT2D eigenvalue weighted by Gasteiger charge is 2.58. The van der Waals surface area contributed by atoms with Crippen LogP contribution in [0.2, 0.25) is 0 Å². The Morgan fingerprint density at radius 2 is 1.63 bits per heavy atom. The molecule has 6 heterocycles. The quantitative estimate of drug-likeness (QED) is 0.0927. The fraction of sp³-hybridized carbons (Fsp3) is 0.782. The number of carboxylic acids is 1. The summed E-state index contributed by atoms with van der Waals surface area (Å²) >= 11 is 0. The van der Waals surface area contributed by atoms with Crippen molar-refractivity contribution in [1.82, 2.24) is 25.1 Å². The summed E-state index contributed by atoms with van der Waals surface area (Å²) in [5, 5.41) is 30.3. The average molecular weight is 1110 g/mol. The summed E-state index contributed by atoms with van der Waals surface area (Å²) in [6, 6.07) is -0.147. The summed E-state index contributed by atoms with van der Waals surface area (Å²) in [5.41, 5.74) is -4.73. The molecule has 6 rings (SSSR count). The van der Waals surface area contributed by atoms with Crippen molar-refractivity contribution < 1.29 is 76.4 Å². The maximum Gasteiger partial charge on any atom is 0.408 e. The number of aliphatic hydroxyl groups excluding tert-OH is 1. The summed E-state index contributed by atoms with van der Waals surface area (Å²) in [4.78, 5) is 73.0. The van der Waals surface area contributed by atoms with E-state index >= 15 is 4.39 Å². The number of methoxy groups -OCH3 is 2. The number of hydrogen-bond acceptors (Lipinski definition) is 19. The first kappa shape index (κ1) is 62.8. The number of alkyl carbamates (subject to hydrolysis) is 1. The molecule has 2 unspecified atom stereocenters. The standard InChI is InChI=1S/C55H87FN6O16/c1-16-38-55(11)44(59-52(69)78-55)30(5)40(63)28(3)25-53(9,70-14)45(77-51-42(65)37(61(12)13)23-29(4)73-51)31(6)43(32(7)50(68)75-38)76-39-26-54(10,71-15)46(33(8)74-39)72-22-18-19-57-20-21-58-47-36(56)24-34-41(64)35(49(66)67)27-62(17-2)48(34)60-47/h24,27-33,37-39,42-46,51,57,65H,16-23,25-26H2,1-15H3,(H,58,60)(H,59,69)(H,66,67)/t28-,29-,30?,31+,32-,33+,37?,38-,39+,42-,43+,44-,45-,46+,51+,53-,54-,55-/m1/s1. The minimum atomic E-state index is -1.41. The van der Waals surface area contributed by atoms with Gasteiger partial charge in [0.25, 0.3) is 0 Å². The highest BCUT2D eigenvalue weighted by molar-refractivity contribution is 5.92. The number of anilines is 1. The lowest BCUT2D eigenvalue weighted by atomic mass is 9.73. The van der Waals surface area contributed by atoms with E-state index in [2.05, 4.69) is 20.9 Å². The van der Waals surface area contributed by atoms with Gasteiger partial charge in [0.05, 0.1) is 53.0 Å². The van der Waals surface area contributed by atoms with Crippen molar-refractivity contribution in [3.8, 4) is 0 Å². The van der Waals surface area contributed by atoms with Gasteiger partial charge >= 0.3 is 18.0 Å². The summed E-state index contributed by atoms with van der Waals surface area (Å²) in [7, 11) is 6.88. The lowest BCUT2D eigenvalue weighted by Crippen LogP contribution is -2.61. The molecule has 2 aromatic heterocycles. The topological polar surface area (TPSA) is 266 Å². The number of aromatic carboxylic acids is 1. The van der Waals surface area contributed by atoms with Gasteiger partial charge < -0.3 is 78.3 Å². The van der Waals surface area contributed by atoms with Crippen molar-refractivity contribution in [2.75, 3.05) is 59.9 Å². The van der Waals surface area contributed by atoms with Gasteiger partial charge in [-0.15, -0.1) is 0 Å². The molecule has 4 fully saturated rings. The number of halogens is 1. The van der Waals surface area contributed by atoms with Crippen LogP contribution in [0, 0.1) is 29.5 Å². The highest BCUT2D eigenvalue weighted by Crippen LogP contribution is 2.43. The molecule has 0 saturated carbocycles. The first-order chi connectivity index (χ1) is 36.7. The summed E-state index contributed by atoms with van der Waals surface area (Å²) in [5.74, 6) is -6.25. The average Bonchev–Trinajstić information content (AvgIpc) is 3.78. The molecule has 5 N–H and O–H groups in total. The number of aryl methyl sites for hydroxylation is 1. The molecule has 22 nitrogen and oxygen atoms in total. The predicted molar refractivity (Wildman–Crippen MR) is 285 cm³/mol. The number of likely N-dealkylation sites (N-methyl/N-ethyl adjacent to an activating group) is 1. The SMILES string of the molecule is CC[C@H]1OC(=O)[C@H](C)[C@@H](O[C@H]2C[C@@](C)(OC)[C@@H](OCCCNCCNc3nc4c(cc3F)c(=O)c(C(=O)O)cn4CC)[C@H](C)O2)[C@H](C)[C@@H](O[C@@H]2O[C@H](C)CC(N(C)C)[C@H]2O)[C@](C)(OC)C[C@@H](C)C(=O)C(C)[C@H]2NC(=O)O[C@@]21C. The zero-order valence-electron chi connectivity index (χ0n) is 48.2. The third-order valence-corrected chi connectivity index (χ3v) is 16.8. The third kappa shape index (κ3) is 13.3. The molecule has 78 heavy (non-hydrogen) atoms. The van der Waals surface area contributed by atoms with E-state index in [1.807, 2.05) is 67.5 Å². The lowest BCUT2D eigenvalue weighted by Gasteiger charge is -2.50. The number of nitrogens with zero attached hydrogens (tertiary/aromatic N) is 3. The summed E-state index contributed by atoms with van der Waals surface area (Å²) in [6.07, 6.45) is -5.44. The van der Waals surface area contributed by atoms with E-state index < -0.39 is 131 Å². The summed E-state index contributed by atoms with van der Waals surface area (Å²) in [6.45, 7) is 21.8. The Balaban J connectivity index is 1.19. The number of carbonyl (C=O) groups is 4. The molecule has 4 saturated heterocycles. The van der Waals surface area contributed by atoms with Gasteiger partial charge in [-0.1, -0.05) is 27.7 Å². The molecule has 2 aromatic rings. The molecular formula is C55H87FN6O16. The Bertz CT molecular complexity index is 2490. The maximum absolute atomic E-state index is 15.1. The lowest BCUT2D eigenvalue weighted by molar-refractivity contribution is -0.322. The van der Waals surface area contributed by atoms with Crippen molar-refractivity contribution in [1.29, 1.82) is 0 Å². The Hall–Kier alpha value is -4.43. The Labute approximate surface area is 457 Å². The minimum absolute atomic E-state index is 0.0654. The predicted octanol–water partition coefficient (Wildman–Crippen LogP) is 4.88. The van der Waals surface area contributed by atoms with Gasteiger partial charge in [0.15, 0.2) is 29.8 Å². The molecule has 0 spiro atoms. The van der Waals surface area contributed by atoms with Crippen molar-refractivity contribution in [2.45, 2.75) is 199 Å². The number of carbonyl (C=O) groups excluding carboxylic acids is 3. The number of ketones is 1. The first-order valence-electron chi connectivity index (χ1n) is 27.5. The number of rotatable bonds is 19. The Kier molecular flexibility index (Phi) is 20.9. The number of ether oxygens (including phenoxy) is 9. The van der Waals surface area contributed by atoms with E-state index in [1.165, 1.54) is 17.9 Å². The van der Waals surface area contributed by atoms with Gasteiger partial charge in [-0.2, -0.15) is 0 Å². The third-order valence-electron chi connectivity index (χ3n) is 16.8. The molecule has 0 aromatic carbocycles. The second-order valence-corrected chi connectivity index (χ2v) is 22.7. The normalized spacial score (nSPS) is 37.1. The van der Waals surface area contributed by atoms with Gasteiger partial charge in [0.1, 0.15) is 35.3 Å². The second kappa shape index (κ2) is 26.0. The van der Waals surface area contributed by atoms with Crippen LogP contribution in [0.1, 0.15) is 119 Å². The largest absolute Gasteiger partial charge is 0.477 e. The highest BCUT2D eigenvalue weighted by atomic mass is 19.1. The summed E-state index contributed by atoms with van der Waals surface area (Å²) < 4.78 is 75.0. The van der Waals surface area contributed by atoms with Crippen molar-refractivity contribution in [3.05, 3.63) is 33.9 Å². The van der Waals surface area contributed by atoms with E-state index in [0.717, 1.165) is 6.07 Å². The monoisotopic (exact) mass is 1110 g/mol. The molecule has 0 aliphatic carbocycles. The first-order valence-corrected chi connectivity index (χ1v) is 27.5. The maximum atomic E-state index is 15.1.